The summed E-state index contributed by atoms with van der Waals surface area (Å²) >= 11 is 0. The first-order chi connectivity index (χ1) is 20.2. The van der Waals surface area contributed by atoms with Gasteiger partial charge in [-0.25, -0.2) is 0 Å². The summed E-state index contributed by atoms with van der Waals surface area (Å²) in [6.07, 6.45) is 7.31. The number of carbonyl (C=O) groups excluding carboxylic acids is 1. The molecule has 0 bridgehead atoms. The van der Waals surface area contributed by atoms with Crippen LogP contribution in [-0.2, 0) is 23.7 Å². The molecule has 2 aliphatic rings. The quantitative estimate of drug-likeness (QED) is 0.0592. The van der Waals surface area contributed by atoms with Crippen LogP contribution in [0, 0.1) is 0 Å². The molecule has 7 N–H and O–H groups in total. The SMILES string of the molecule is CCCCC/C=C\C/C=C\CCCCCCCC(=O)OC[C@@]1(O[C@H]2O[C@H](CO)[C@@H](O)[C@H](O)[C@H]2O)O[C@H](CO)[C@@H](O)[C@@H]1O. The maximum atomic E-state index is 12.4. The van der Waals surface area contributed by atoms with Gasteiger partial charge in [0.2, 0.25) is 5.79 Å². The van der Waals surface area contributed by atoms with Crippen LogP contribution in [0.4, 0.5) is 0 Å². The number of unbranched alkanes of at least 4 members (excludes halogenated alkanes) is 8. The molecule has 0 aromatic rings. The first kappa shape index (κ1) is 36.7. The van der Waals surface area contributed by atoms with Crippen LogP contribution in [0.1, 0.15) is 84.0 Å². The Hall–Kier alpha value is -1.45. The molecule has 2 aliphatic heterocycles. The summed E-state index contributed by atoms with van der Waals surface area (Å²) in [4.78, 5) is 12.4. The van der Waals surface area contributed by atoms with Crippen LogP contribution in [0.25, 0.3) is 0 Å². The van der Waals surface area contributed by atoms with Crippen LogP contribution in [0.3, 0.4) is 0 Å². The Labute approximate surface area is 248 Å². The lowest BCUT2D eigenvalue weighted by Gasteiger charge is -2.43. The molecule has 0 saturated carbocycles. The Bertz CT molecular complexity index is 805. The number of hydrogen-bond donors (Lipinski definition) is 7. The molecule has 0 unspecified atom stereocenters. The number of aliphatic hydroxyl groups is 7. The highest BCUT2D eigenvalue weighted by molar-refractivity contribution is 5.69. The van der Waals surface area contributed by atoms with Gasteiger partial charge in [0.15, 0.2) is 6.29 Å². The van der Waals surface area contributed by atoms with Crippen LogP contribution >= 0.6 is 0 Å². The van der Waals surface area contributed by atoms with Crippen LogP contribution in [0.2, 0.25) is 0 Å². The fraction of sp³-hybridized carbons (Fsp3) is 0.833. The number of esters is 1. The van der Waals surface area contributed by atoms with Gasteiger partial charge in [-0.15, -0.1) is 0 Å². The van der Waals surface area contributed by atoms with Crippen LogP contribution < -0.4 is 0 Å². The van der Waals surface area contributed by atoms with Crippen molar-refractivity contribution in [3.05, 3.63) is 24.3 Å². The third-order valence-corrected chi connectivity index (χ3v) is 7.62. The Morgan fingerprint density at radius 1 is 0.762 bits per heavy atom. The van der Waals surface area contributed by atoms with E-state index in [2.05, 4.69) is 31.2 Å². The molecule has 244 valence electrons. The molecule has 0 aromatic carbocycles. The van der Waals surface area contributed by atoms with Crippen LogP contribution in [-0.4, -0.2) is 116 Å². The Kier molecular flexibility index (Phi) is 17.3. The van der Waals surface area contributed by atoms with E-state index in [1.807, 2.05) is 0 Å². The van der Waals surface area contributed by atoms with Gasteiger partial charge in [-0.2, -0.15) is 0 Å². The second kappa shape index (κ2) is 19.8. The number of hydrogen-bond acceptors (Lipinski definition) is 12. The van der Waals surface area contributed by atoms with Crippen molar-refractivity contribution in [1.82, 2.24) is 0 Å². The predicted octanol–water partition coefficient (Wildman–Crippen LogP) is 0.969. The standard InChI is InChI=1S/C30H52O12/c1-2-3-4-5-6-7-8-9-10-11-12-13-14-15-16-17-23(33)39-20-30(28(38)25(35)22(19-32)41-30)42-29-27(37)26(36)24(34)21(18-31)40-29/h6-7,9-10,21-22,24-29,31-32,34-38H,2-5,8,11-20H2,1H3/b7-6-,10-9-/t21-,22-,24-,25-,26+,27-,28+,29-,30+/m1/s1. The normalized spacial score (nSPS) is 33.6. The van der Waals surface area contributed by atoms with E-state index in [0.717, 1.165) is 44.9 Å². The minimum atomic E-state index is -2.26. The molecule has 42 heavy (non-hydrogen) atoms. The predicted molar refractivity (Wildman–Crippen MR) is 152 cm³/mol. The van der Waals surface area contributed by atoms with Gasteiger partial charge in [0.05, 0.1) is 13.2 Å². The van der Waals surface area contributed by atoms with Gasteiger partial charge in [0, 0.05) is 6.42 Å². The number of carbonyl (C=O) groups is 1. The lowest BCUT2D eigenvalue weighted by molar-refractivity contribution is -0.383. The topological polar surface area (TPSA) is 196 Å². The zero-order valence-electron chi connectivity index (χ0n) is 24.7. The number of ether oxygens (including phenoxy) is 4. The minimum absolute atomic E-state index is 0.0999. The summed E-state index contributed by atoms with van der Waals surface area (Å²) < 4.78 is 21.8. The van der Waals surface area contributed by atoms with Crippen molar-refractivity contribution in [3.63, 3.8) is 0 Å². The minimum Gasteiger partial charge on any atom is -0.460 e. The van der Waals surface area contributed by atoms with Crippen molar-refractivity contribution >= 4 is 5.97 Å². The van der Waals surface area contributed by atoms with E-state index < -0.39 is 80.6 Å². The molecule has 2 rings (SSSR count). The van der Waals surface area contributed by atoms with Gasteiger partial charge in [-0.3, -0.25) is 4.79 Å². The highest BCUT2D eigenvalue weighted by Gasteiger charge is 2.59. The van der Waals surface area contributed by atoms with E-state index >= 15 is 0 Å². The largest absolute Gasteiger partial charge is 0.460 e. The molecular formula is C30H52O12. The molecule has 2 fully saturated rings. The van der Waals surface area contributed by atoms with Crippen molar-refractivity contribution in [3.8, 4) is 0 Å². The first-order valence-electron chi connectivity index (χ1n) is 15.3. The first-order valence-corrected chi connectivity index (χ1v) is 15.3. The monoisotopic (exact) mass is 604 g/mol. The Morgan fingerprint density at radius 3 is 2.00 bits per heavy atom. The van der Waals surface area contributed by atoms with Crippen LogP contribution in [0.5, 0.6) is 0 Å². The number of aliphatic hydroxyl groups excluding tert-OH is 7. The van der Waals surface area contributed by atoms with Gasteiger partial charge in [0.25, 0.3) is 0 Å². The summed E-state index contributed by atoms with van der Waals surface area (Å²) in [7, 11) is 0. The second-order valence-electron chi connectivity index (χ2n) is 11.0. The summed E-state index contributed by atoms with van der Waals surface area (Å²) in [5, 5.41) is 70.4. The van der Waals surface area contributed by atoms with Crippen LogP contribution in [0.15, 0.2) is 24.3 Å². The molecule has 12 nitrogen and oxygen atoms in total. The maximum absolute atomic E-state index is 12.4. The van der Waals surface area contributed by atoms with Gasteiger partial charge in [-0.05, 0) is 38.5 Å². The van der Waals surface area contributed by atoms with E-state index in [4.69, 9.17) is 18.9 Å². The van der Waals surface area contributed by atoms with Gasteiger partial charge >= 0.3 is 5.97 Å². The molecule has 0 radical (unpaired) electrons. The molecular weight excluding hydrogens is 552 g/mol. The smallest absolute Gasteiger partial charge is 0.305 e. The highest BCUT2D eigenvalue weighted by atomic mass is 16.8. The summed E-state index contributed by atoms with van der Waals surface area (Å²) in [5.41, 5.74) is 0. The van der Waals surface area contributed by atoms with Crippen molar-refractivity contribution in [2.75, 3.05) is 19.8 Å². The summed E-state index contributed by atoms with van der Waals surface area (Å²) in [6, 6.07) is 0. The molecule has 0 aromatic heterocycles. The molecule has 12 heteroatoms. The van der Waals surface area contributed by atoms with Crippen molar-refractivity contribution < 1.29 is 59.5 Å². The van der Waals surface area contributed by atoms with E-state index in [9.17, 15) is 40.5 Å². The van der Waals surface area contributed by atoms with Crippen molar-refractivity contribution in [2.24, 2.45) is 0 Å². The number of allylic oxidation sites excluding steroid dienone is 4. The fourth-order valence-electron chi connectivity index (χ4n) is 4.95. The highest BCUT2D eigenvalue weighted by Crippen LogP contribution is 2.36. The molecule has 2 saturated heterocycles. The zero-order valence-corrected chi connectivity index (χ0v) is 24.7. The van der Waals surface area contributed by atoms with Gasteiger partial charge < -0.3 is 54.7 Å². The summed E-state index contributed by atoms with van der Waals surface area (Å²) in [6.45, 7) is 0.0771. The van der Waals surface area contributed by atoms with Gasteiger partial charge in [-0.1, -0.05) is 63.3 Å². The number of rotatable bonds is 20. The molecule has 0 aliphatic carbocycles. The lowest BCUT2D eigenvalue weighted by atomic mass is 9.99. The molecule has 0 amide bonds. The second-order valence-corrected chi connectivity index (χ2v) is 11.0. The van der Waals surface area contributed by atoms with Gasteiger partial charge in [0.1, 0.15) is 49.3 Å². The van der Waals surface area contributed by atoms with E-state index in [1.165, 1.54) is 19.3 Å². The zero-order chi connectivity index (χ0) is 31.0. The van der Waals surface area contributed by atoms with E-state index in [1.54, 1.807) is 0 Å². The Balaban J connectivity index is 1.74. The molecule has 2 heterocycles. The van der Waals surface area contributed by atoms with E-state index in [-0.39, 0.29) is 6.42 Å². The Morgan fingerprint density at radius 2 is 1.38 bits per heavy atom. The third kappa shape index (κ3) is 11.2. The van der Waals surface area contributed by atoms with E-state index in [0.29, 0.717) is 6.42 Å². The van der Waals surface area contributed by atoms with Crippen molar-refractivity contribution in [2.45, 2.75) is 139 Å². The maximum Gasteiger partial charge on any atom is 0.305 e. The van der Waals surface area contributed by atoms with Crippen molar-refractivity contribution in [1.29, 1.82) is 0 Å². The average Bonchev–Trinajstić information content (AvgIpc) is 3.23. The summed E-state index contributed by atoms with van der Waals surface area (Å²) in [5.74, 6) is -2.86. The average molecular weight is 605 g/mol. The lowest BCUT2D eigenvalue weighted by Crippen LogP contribution is -2.62. The molecule has 9 atom stereocenters. The third-order valence-electron chi connectivity index (χ3n) is 7.62. The molecule has 0 spiro atoms. The fourth-order valence-corrected chi connectivity index (χ4v) is 4.95.